The summed E-state index contributed by atoms with van der Waals surface area (Å²) in [5.41, 5.74) is 1.38. The molecule has 1 saturated carbocycles. The van der Waals surface area contributed by atoms with Crippen LogP contribution in [-0.2, 0) is 4.74 Å². The Labute approximate surface area is 160 Å². The lowest BCUT2D eigenvalue weighted by molar-refractivity contribution is 0.0469. The molecule has 6 heteroatoms. The van der Waals surface area contributed by atoms with E-state index in [1.165, 1.54) is 0 Å². The van der Waals surface area contributed by atoms with Crippen molar-refractivity contribution >= 4 is 6.09 Å². The topological polar surface area (TPSA) is 73.3 Å². The fourth-order valence-electron chi connectivity index (χ4n) is 3.12. The van der Waals surface area contributed by atoms with Gasteiger partial charge in [0.05, 0.1) is 5.69 Å². The largest absolute Gasteiger partial charge is 0.473 e. The maximum absolute atomic E-state index is 11.9. The number of hydrogen-bond donors (Lipinski definition) is 1. The molecule has 144 valence electrons. The van der Waals surface area contributed by atoms with Gasteiger partial charge in [-0.2, -0.15) is 0 Å². The molecule has 2 aromatic rings. The Balaban J connectivity index is 1.46. The number of aromatic nitrogens is 2. The van der Waals surface area contributed by atoms with E-state index in [-0.39, 0.29) is 18.2 Å². The molecular weight excluding hydrogens is 342 g/mol. The molecule has 6 nitrogen and oxygen atoms in total. The molecule has 0 unspecified atom stereocenters. The summed E-state index contributed by atoms with van der Waals surface area (Å²) in [5, 5.41) is 11.4. The number of nitrogens with zero attached hydrogens (tertiary/aromatic N) is 2. The summed E-state index contributed by atoms with van der Waals surface area (Å²) in [6, 6.07) is 13.9. The standard InChI is InChI=1S/C21H27N3O3/c1-21(2,3)27-20(25)22-16-9-11-17(12-10-16)26-19-14-13-18(23-24-19)15-7-5-4-6-8-15/h4-8,13-14,16-17H,9-12H2,1-3H3,(H,22,25). The third-order valence-electron chi connectivity index (χ3n) is 4.39. The van der Waals surface area contributed by atoms with E-state index in [0.717, 1.165) is 36.9 Å². The third-order valence-corrected chi connectivity index (χ3v) is 4.39. The number of hydrogen-bond acceptors (Lipinski definition) is 5. The predicted octanol–water partition coefficient (Wildman–Crippen LogP) is 4.36. The van der Waals surface area contributed by atoms with Crippen molar-refractivity contribution in [1.29, 1.82) is 0 Å². The summed E-state index contributed by atoms with van der Waals surface area (Å²) < 4.78 is 11.3. The van der Waals surface area contributed by atoms with Crippen molar-refractivity contribution < 1.29 is 14.3 Å². The van der Waals surface area contributed by atoms with Crippen LogP contribution in [0.3, 0.4) is 0 Å². The van der Waals surface area contributed by atoms with Gasteiger partial charge in [-0.15, -0.1) is 10.2 Å². The van der Waals surface area contributed by atoms with Crippen molar-refractivity contribution in [3.8, 4) is 17.1 Å². The predicted molar refractivity (Wildman–Crippen MR) is 104 cm³/mol. The molecule has 0 saturated heterocycles. The van der Waals surface area contributed by atoms with Crippen molar-refractivity contribution in [3.05, 3.63) is 42.5 Å². The Morgan fingerprint density at radius 1 is 1.00 bits per heavy atom. The Morgan fingerprint density at radius 3 is 2.30 bits per heavy atom. The lowest BCUT2D eigenvalue weighted by atomic mass is 9.93. The molecule has 1 fully saturated rings. The first-order valence-corrected chi connectivity index (χ1v) is 9.44. The van der Waals surface area contributed by atoms with Crippen LogP contribution < -0.4 is 10.1 Å². The highest BCUT2D eigenvalue weighted by atomic mass is 16.6. The number of carbonyl (C=O) groups excluding carboxylic acids is 1. The minimum atomic E-state index is -0.477. The first kappa shape index (κ1) is 19.1. The van der Waals surface area contributed by atoms with E-state index in [9.17, 15) is 4.79 Å². The molecule has 1 amide bonds. The normalized spacial score (nSPS) is 20.0. The van der Waals surface area contributed by atoms with E-state index >= 15 is 0 Å². The van der Waals surface area contributed by atoms with Gasteiger partial charge in [0.25, 0.3) is 0 Å². The van der Waals surface area contributed by atoms with E-state index in [0.29, 0.717) is 5.88 Å². The summed E-state index contributed by atoms with van der Waals surface area (Å²) in [4.78, 5) is 11.9. The lowest BCUT2D eigenvalue weighted by Crippen LogP contribution is -2.42. The molecule has 1 heterocycles. The van der Waals surface area contributed by atoms with E-state index in [2.05, 4.69) is 15.5 Å². The van der Waals surface area contributed by atoms with Crippen LogP contribution in [0, 0.1) is 0 Å². The first-order chi connectivity index (χ1) is 12.9. The minimum Gasteiger partial charge on any atom is -0.473 e. The number of nitrogens with one attached hydrogen (secondary N) is 1. The third kappa shape index (κ3) is 5.94. The van der Waals surface area contributed by atoms with Gasteiger partial charge >= 0.3 is 6.09 Å². The highest BCUT2D eigenvalue weighted by Gasteiger charge is 2.25. The zero-order valence-electron chi connectivity index (χ0n) is 16.1. The second-order valence-corrected chi connectivity index (χ2v) is 7.86. The summed E-state index contributed by atoms with van der Waals surface area (Å²) in [6.45, 7) is 5.59. The SMILES string of the molecule is CC(C)(C)OC(=O)NC1CCC(Oc2ccc(-c3ccccc3)nn2)CC1. The quantitative estimate of drug-likeness (QED) is 0.867. The molecule has 0 aliphatic heterocycles. The molecular formula is C21H27N3O3. The smallest absolute Gasteiger partial charge is 0.407 e. The number of ether oxygens (including phenoxy) is 2. The molecule has 0 spiro atoms. The Bertz CT molecular complexity index is 734. The number of benzene rings is 1. The van der Waals surface area contributed by atoms with Crippen LogP contribution in [0.25, 0.3) is 11.3 Å². The van der Waals surface area contributed by atoms with Crippen LogP contribution in [0.4, 0.5) is 4.79 Å². The lowest BCUT2D eigenvalue weighted by Gasteiger charge is -2.30. The Morgan fingerprint density at radius 2 is 1.70 bits per heavy atom. The fourth-order valence-corrected chi connectivity index (χ4v) is 3.12. The maximum Gasteiger partial charge on any atom is 0.407 e. The van der Waals surface area contributed by atoms with Gasteiger partial charge in [-0.05, 0) is 52.5 Å². The van der Waals surface area contributed by atoms with E-state index < -0.39 is 5.60 Å². The molecule has 1 aliphatic rings. The van der Waals surface area contributed by atoms with Gasteiger partial charge in [0.15, 0.2) is 0 Å². The molecule has 1 aromatic heterocycles. The molecule has 0 bridgehead atoms. The van der Waals surface area contributed by atoms with Crippen molar-refractivity contribution in [3.63, 3.8) is 0 Å². The molecule has 1 aliphatic carbocycles. The average molecular weight is 369 g/mol. The van der Waals surface area contributed by atoms with Crippen LogP contribution in [0.1, 0.15) is 46.5 Å². The van der Waals surface area contributed by atoms with Crippen molar-refractivity contribution in [2.75, 3.05) is 0 Å². The van der Waals surface area contributed by atoms with E-state index in [4.69, 9.17) is 9.47 Å². The van der Waals surface area contributed by atoms with Crippen LogP contribution in [0.2, 0.25) is 0 Å². The van der Waals surface area contributed by atoms with Crippen molar-refractivity contribution in [2.45, 2.75) is 64.2 Å². The fraction of sp³-hybridized carbons (Fsp3) is 0.476. The highest BCUT2D eigenvalue weighted by Crippen LogP contribution is 2.24. The second kappa shape index (κ2) is 8.37. The zero-order chi connectivity index (χ0) is 19.3. The molecule has 1 N–H and O–H groups in total. The van der Waals surface area contributed by atoms with Crippen LogP contribution in [0.5, 0.6) is 5.88 Å². The summed E-state index contributed by atoms with van der Waals surface area (Å²) in [5.74, 6) is 0.540. The Hall–Kier alpha value is -2.63. The first-order valence-electron chi connectivity index (χ1n) is 9.44. The number of amides is 1. The summed E-state index contributed by atoms with van der Waals surface area (Å²) in [6.07, 6.45) is 3.19. The van der Waals surface area contributed by atoms with E-state index in [1.807, 2.05) is 63.2 Å². The van der Waals surface area contributed by atoms with Gasteiger partial charge in [0, 0.05) is 17.7 Å². The van der Waals surface area contributed by atoms with Crippen molar-refractivity contribution in [1.82, 2.24) is 15.5 Å². The van der Waals surface area contributed by atoms with Gasteiger partial charge in [-0.25, -0.2) is 4.79 Å². The van der Waals surface area contributed by atoms with Gasteiger partial charge in [0.2, 0.25) is 5.88 Å². The Kier molecular flexibility index (Phi) is 5.94. The molecule has 3 rings (SSSR count). The van der Waals surface area contributed by atoms with Gasteiger partial charge in [-0.1, -0.05) is 30.3 Å². The van der Waals surface area contributed by atoms with Crippen LogP contribution in [0.15, 0.2) is 42.5 Å². The van der Waals surface area contributed by atoms with Crippen LogP contribution in [-0.4, -0.2) is 34.0 Å². The zero-order valence-corrected chi connectivity index (χ0v) is 16.1. The monoisotopic (exact) mass is 369 g/mol. The number of rotatable bonds is 4. The van der Waals surface area contributed by atoms with Gasteiger partial charge < -0.3 is 14.8 Å². The molecule has 27 heavy (non-hydrogen) atoms. The molecule has 1 aromatic carbocycles. The summed E-state index contributed by atoms with van der Waals surface area (Å²) in [7, 11) is 0. The summed E-state index contributed by atoms with van der Waals surface area (Å²) >= 11 is 0. The number of carbonyl (C=O) groups is 1. The number of alkyl carbamates (subject to hydrolysis) is 1. The second-order valence-electron chi connectivity index (χ2n) is 7.86. The maximum atomic E-state index is 11.9. The molecule has 0 atom stereocenters. The van der Waals surface area contributed by atoms with Gasteiger partial charge in [0.1, 0.15) is 11.7 Å². The van der Waals surface area contributed by atoms with Crippen LogP contribution >= 0.6 is 0 Å². The van der Waals surface area contributed by atoms with Crippen molar-refractivity contribution in [2.24, 2.45) is 0 Å². The highest BCUT2D eigenvalue weighted by molar-refractivity contribution is 5.68. The molecule has 0 radical (unpaired) electrons. The van der Waals surface area contributed by atoms with Gasteiger partial charge in [-0.3, -0.25) is 0 Å². The van der Waals surface area contributed by atoms with E-state index in [1.54, 1.807) is 0 Å². The average Bonchev–Trinajstić information content (AvgIpc) is 2.63. The minimum absolute atomic E-state index is 0.0959.